The molecule has 0 aliphatic carbocycles. The Kier molecular flexibility index (Phi) is 6.18. The highest BCUT2D eigenvalue weighted by atomic mass is 16.5. The van der Waals surface area contributed by atoms with E-state index in [0.717, 1.165) is 11.3 Å². The lowest BCUT2D eigenvalue weighted by Gasteiger charge is -2.13. The minimum Gasteiger partial charge on any atom is -0.493 e. The Bertz CT molecular complexity index is 1190. The number of amides is 1. The quantitative estimate of drug-likeness (QED) is 0.655. The van der Waals surface area contributed by atoms with Crippen LogP contribution in [-0.4, -0.2) is 24.6 Å². The number of nitrogens with zero attached hydrogens (tertiary/aromatic N) is 1. The molecule has 0 saturated heterocycles. The van der Waals surface area contributed by atoms with Crippen molar-refractivity contribution in [2.45, 2.75) is 13.8 Å². The number of aromatic amines is 1. The van der Waals surface area contributed by atoms with Crippen LogP contribution < -0.4 is 20.3 Å². The molecule has 7 heteroatoms. The molecule has 0 spiro atoms. The minimum absolute atomic E-state index is 0.0222. The second-order valence-electron chi connectivity index (χ2n) is 6.70. The largest absolute Gasteiger partial charge is 0.493 e. The number of carbonyl (C=O) groups excluding carboxylic acids is 1. The van der Waals surface area contributed by atoms with Crippen LogP contribution in [0.3, 0.4) is 0 Å². The van der Waals surface area contributed by atoms with E-state index in [9.17, 15) is 14.9 Å². The van der Waals surface area contributed by atoms with E-state index in [4.69, 9.17) is 9.47 Å². The van der Waals surface area contributed by atoms with Crippen molar-refractivity contribution >= 4 is 11.6 Å². The van der Waals surface area contributed by atoms with Crippen LogP contribution in [-0.2, 0) is 4.79 Å². The van der Waals surface area contributed by atoms with E-state index in [0.29, 0.717) is 28.3 Å². The molecule has 1 aromatic heterocycles. The fourth-order valence-electron chi connectivity index (χ4n) is 3.02. The van der Waals surface area contributed by atoms with E-state index < -0.39 is 5.56 Å². The molecule has 1 heterocycles. The fourth-order valence-corrected chi connectivity index (χ4v) is 3.02. The van der Waals surface area contributed by atoms with Crippen LogP contribution in [0.1, 0.15) is 16.8 Å². The van der Waals surface area contributed by atoms with E-state index in [-0.39, 0.29) is 18.1 Å². The van der Waals surface area contributed by atoms with Crippen LogP contribution in [0.25, 0.3) is 11.1 Å². The van der Waals surface area contributed by atoms with Crippen molar-refractivity contribution < 1.29 is 14.3 Å². The van der Waals surface area contributed by atoms with Crippen molar-refractivity contribution in [1.29, 1.82) is 5.26 Å². The molecule has 152 valence electrons. The Morgan fingerprint density at radius 3 is 2.60 bits per heavy atom. The Hall–Kier alpha value is -4.05. The molecule has 3 rings (SSSR count). The number of H-pyrrole nitrogens is 1. The fraction of sp³-hybridized carbons (Fsp3) is 0.174. The molecule has 7 nitrogen and oxygen atoms in total. The summed E-state index contributed by atoms with van der Waals surface area (Å²) in [6.45, 7) is 3.45. The Morgan fingerprint density at radius 2 is 1.90 bits per heavy atom. The number of hydrogen-bond acceptors (Lipinski definition) is 5. The maximum absolute atomic E-state index is 12.2. The van der Waals surface area contributed by atoms with E-state index in [1.165, 1.54) is 7.11 Å². The van der Waals surface area contributed by atoms with E-state index >= 15 is 0 Å². The highest BCUT2D eigenvalue weighted by Gasteiger charge is 2.14. The van der Waals surface area contributed by atoms with Crippen LogP contribution in [0.2, 0.25) is 0 Å². The Morgan fingerprint density at radius 1 is 1.13 bits per heavy atom. The zero-order valence-electron chi connectivity index (χ0n) is 16.9. The average Bonchev–Trinajstić information content (AvgIpc) is 2.73. The van der Waals surface area contributed by atoms with E-state index in [2.05, 4.69) is 10.3 Å². The molecule has 0 bridgehead atoms. The van der Waals surface area contributed by atoms with Crippen LogP contribution in [0, 0.1) is 25.2 Å². The molecule has 0 saturated carbocycles. The Balaban J connectivity index is 1.80. The molecule has 0 aliphatic heterocycles. The van der Waals surface area contributed by atoms with Crippen molar-refractivity contribution in [3.8, 4) is 28.7 Å². The van der Waals surface area contributed by atoms with Gasteiger partial charge in [0.2, 0.25) is 0 Å². The normalized spacial score (nSPS) is 10.2. The lowest BCUT2D eigenvalue weighted by molar-refractivity contribution is -0.118. The summed E-state index contributed by atoms with van der Waals surface area (Å²) in [5.74, 6) is 0.465. The first kappa shape index (κ1) is 20.7. The number of methoxy groups -OCH3 is 1. The number of hydrogen-bond donors (Lipinski definition) is 2. The smallest absolute Gasteiger partial charge is 0.266 e. The first-order chi connectivity index (χ1) is 14.4. The highest BCUT2D eigenvalue weighted by molar-refractivity contribution is 5.92. The molecule has 0 fully saturated rings. The molecular weight excluding hydrogens is 382 g/mol. The van der Waals surface area contributed by atoms with Gasteiger partial charge in [-0.2, -0.15) is 5.26 Å². The monoisotopic (exact) mass is 403 g/mol. The maximum Gasteiger partial charge on any atom is 0.266 e. The lowest BCUT2D eigenvalue weighted by atomic mass is 10.0. The van der Waals surface area contributed by atoms with Crippen LogP contribution in [0.5, 0.6) is 11.5 Å². The zero-order chi connectivity index (χ0) is 21.7. The summed E-state index contributed by atoms with van der Waals surface area (Å²) in [7, 11) is 1.48. The summed E-state index contributed by atoms with van der Waals surface area (Å²) in [5, 5.41) is 12.2. The molecule has 2 aromatic carbocycles. The standard InChI is InChI=1S/C23H21N3O4/c1-14-6-4-5-7-19(14)26-22(27)13-30-20-9-8-16(11-21(20)29-3)17-10-15(2)25-23(28)18(17)12-24/h4-11H,13H2,1-3H3,(H,25,28)(H,26,27). The van der Waals surface area contributed by atoms with Gasteiger partial charge in [-0.05, 0) is 49.2 Å². The van der Waals surface area contributed by atoms with Gasteiger partial charge in [-0.3, -0.25) is 9.59 Å². The van der Waals surface area contributed by atoms with E-state index in [1.54, 1.807) is 31.2 Å². The second kappa shape index (κ2) is 8.97. The van der Waals surface area contributed by atoms with Crippen molar-refractivity contribution in [2.24, 2.45) is 0 Å². The van der Waals surface area contributed by atoms with Crippen LogP contribution in [0.4, 0.5) is 5.69 Å². The topological polar surface area (TPSA) is 104 Å². The van der Waals surface area contributed by atoms with Crippen molar-refractivity contribution in [3.63, 3.8) is 0 Å². The predicted octanol–water partition coefficient (Wildman–Crippen LogP) is 3.56. The summed E-state index contributed by atoms with van der Waals surface area (Å²) in [5.41, 5.74) is 3.03. The minimum atomic E-state index is -0.445. The number of nitrogens with one attached hydrogen (secondary N) is 2. The van der Waals surface area contributed by atoms with E-state index in [1.807, 2.05) is 37.3 Å². The van der Waals surface area contributed by atoms with Gasteiger partial charge in [0.1, 0.15) is 11.6 Å². The SMILES string of the molecule is COc1cc(-c2cc(C)[nH]c(=O)c2C#N)ccc1OCC(=O)Nc1ccccc1C. The Labute approximate surface area is 173 Å². The second-order valence-corrected chi connectivity index (χ2v) is 6.70. The van der Waals surface area contributed by atoms with Gasteiger partial charge < -0.3 is 19.8 Å². The number of ether oxygens (including phenoxy) is 2. The third kappa shape index (κ3) is 4.50. The van der Waals surface area contributed by atoms with Crippen molar-refractivity contribution in [3.05, 3.63) is 75.7 Å². The highest BCUT2D eigenvalue weighted by Crippen LogP contribution is 2.33. The number of aryl methyl sites for hydroxylation is 2. The molecule has 0 atom stereocenters. The average molecular weight is 403 g/mol. The lowest BCUT2D eigenvalue weighted by Crippen LogP contribution is -2.20. The van der Waals surface area contributed by atoms with Crippen molar-refractivity contribution in [2.75, 3.05) is 19.0 Å². The zero-order valence-corrected chi connectivity index (χ0v) is 16.9. The van der Waals surface area contributed by atoms with Gasteiger partial charge >= 0.3 is 0 Å². The van der Waals surface area contributed by atoms with Crippen molar-refractivity contribution in [1.82, 2.24) is 4.98 Å². The van der Waals surface area contributed by atoms with Crippen LogP contribution >= 0.6 is 0 Å². The number of pyridine rings is 1. The summed E-state index contributed by atoms with van der Waals surface area (Å²) < 4.78 is 11.0. The number of para-hydroxylation sites is 1. The maximum atomic E-state index is 12.2. The molecule has 0 radical (unpaired) electrons. The first-order valence-corrected chi connectivity index (χ1v) is 9.23. The molecule has 0 aliphatic rings. The molecule has 2 N–H and O–H groups in total. The molecule has 0 unspecified atom stereocenters. The number of rotatable bonds is 6. The van der Waals surface area contributed by atoms with Gasteiger partial charge in [0.05, 0.1) is 7.11 Å². The summed E-state index contributed by atoms with van der Waals surface area (Å²) in [6.07, 6.45) is 0. The number of carbonyl (C=O) groups is 1. The van der Waals surface area contributed by atoms with Gasteiger partial charge in [0, 0.05) is 16.9 Å². The third-order valence-electron chi connectivity index (χ3n) is 4.53. The molecule has 30 heavy (non-hydrogen) atoms. The van der Waals surface area contributed by atoms with Gasteiger partial charge in [0.15, 0.2) is 18.1 Å². The number of benzene rings is 2. The third-order valence-corrected chi connectivity index (χ3v) is 4.53. The van der Waals surface area contributed by atoms with Crippen LogP contribution in [0.15, 0.2) is 53.3 Å². The molecule has 3 aromatic rings. The summed E-state index contributed by atoms with van der Waals surface area (Å²) >= 11 is 0. The van der Waals surface area contributed by atoms with Gasteiger partial charge in [0.25, 0.3) is 11.5 Å². The molecule has 1 amide bonds. The van der Waals surface area contributed by atoms with Gasteiger partial charge in [-0.25, -0.2) is 0 Å². The summed E-state index contributed by atoms with van der Waals surface area (Å²) in [4.78, 5) is 26.9. The number of nitriles is 1. The summed E-state index contributed by atoms with van der Waals surface area (Å²) in [6, 6.07) is 16.2. The van der Waals surface area contributed by atoms with Gasteiger partial charge in [-0.15, -0.1) is 0 Å². The number of aromatic nitrogens is 1. The van der Waals surface area contributed by atoms with Gasteiger partial charge in [-0.1, -0.05) is 24.3 Å². The predicted molar refractivity (Wildman–Crippen MR) is 114 cm³/mol. The molecular formula is C23H21N3O4. The first-order valence-electron chi connectivity index (χ1n) is 9.23. The number of anilines is 1.